The molecule has 1 aliphatic carbocycles. The van der Waals surface area contributed by atoms with Crippen LogP contribution in [0.1, 0.15) is 23.4 Å². The summed E-state index contributed by atoms with van der Waals surface area (Å²) in [6, 6.07) is 5.39. The third-order valence-electron chi connectivity index (χ3n) is 3.27. The first-order valence-corrected chi connectivity index (χ1v) is 8.62. The van der Waals surface area contributed by atoms with Gasteiger partial charge in [0, 0.05) is 4.88 Å². The summed E-state index contributed by atoms with van der Waals surface area (Å²) >= 11 is 19.1. The van der Waals surface area contributed by atoms with E-state index in [2.05, 4.69) is 15.6 Å². The summed E-state index contributed by atoms with van der Waals surface area (Å²) in [6.07, 6.45) is 4.65. The lowest BCUT2D eigenvalue weighted by Crippen LogP contribution is -2.19. The highest BCUT2D eigenvalue weighted by Gasteiger charge is 2.15. The molecule has 110 valence electrons. The number of benzene rings is 1. The number of hydrogen-bond donors (Lipinski definition) is 2. The molecule has 21 heavy (non-hydrogen) atoms. The Hall–Kier alpha value is -0.880. The third-order valence-corrected chi connectivity index (χ3v) is 5.36. The number of aryl methyl sites for hydroxylation is 2. The van der Waals surface area contributed by atoms with Gasteiger partial charge < -0.3 is 10.6 Å². The fourth-order valence-corrected chi connectivity index (χ4v) is 3.93. The molecule has 0 amide bonds. The molecule has 0 spiro atoms. The van der Waals surface area contributed by atoms with Crippen molar-refractivity contribution in [2.45, 2.75) is 25.7 Å². The average molecular weight is 358 g/mol. The maximum absolute atomic E-state index is 6.13. The van der Waals surface area contributed by atoms with Crippen LogP contribution in [0, 0.1) is 0 Å². The Morgan fingerprint density at radius 1 is 1.19 bits per heavy atom. The van der Waals surface area contributed by atoms with Crippen molar-refractivity contribution in [2.24, 2.45) is 0 Å². The van der Waals surface area contributed by atoms with Crippen molar-refractivity contribution in [3.8, 4) is 0 Å². The van der Waals surface area contributed by atoms with Crippen LogP contribution in [-0.2, 0) is 12.8 Å². The van der Waals surface area contributed by atoms with Crippen LogP contribution >= 0.6 is 46.8 Å². The molecule has 1 aromatic heterocycles. The number of halogens is 2. The van der Waals surface area contributed by atoms with Crippen LogP contribution in [0.3, 0.4) is 0 Å². The Bertz CT molecular complexity index is 661. The average Bonchev–Trinajstić information content (AvgIpc) is 2.86. The van der Waals surface area contributed by atoms with Crippen LogP contribution < -0.4 is 10.6 Å². The minimum absolute atomic E-state index is 0.460. The van der Waals surface area contributed by atoms with Gasteiger partial charge in [0.15, 0.2) is 10.2 Å². The number of hydrogen-bond acceptors (Lipinski definition) is 3. The van der Waals surface area contributed by atoms with Gasteiger partial charge in [0.05, 0.1) is 21.4 Å². The maximum Gasteiger partial charge on any atom is 0.189 e. The summed E-state index contributed by atoms with van der Waals surface area (Å²) in [7, 11) is 0. The SMILES string of the molecule is S=C(Nc1nc2c(s1)CCCC2)Nc1cccc(Cl)c1Cl. The molecule has 2 N–H and O–H groups in total. The molecule has 0 saturated heterocycles. The fraction of sp³-hybridized carbons (Fsp3) is 0.286. The molecular weight excluding hydrogens is 345 g/mol. The predicted octanol–water partition coefficient (Wildman–Crippen LogP) is 5.14. The molecule has 7 heteroatoms. The number of anilines is 2. The summed E-state index contributed by atoms with van der Waals surface area (Å²) in [5.74, 6) is 0. The highest BCUT2D eigenvalue weighted by molar-refractivity contribution is 7.80. The summed E-state index contributed by atoms with van der Waals surface area (Å²) in [5.41, 5.74) is 1.89. The van der Waals surface area contributed by atoms with Crippen molar-refractivity contribution in [2.75, 3.05) is 10.6 Å². The van der Waals surface area contributed by atoms with Gasteiger partial charge in [0.25, 0.3) is 0 Å². The molecule has 1 heterocycles. The summed E-state index contributed by atoms with van der Waals surface area (Å²) in [5, 5.41) is 8.42. The van der Waals surface area contributed by atoms with Crippen LogP contribution in [0.15, 0.2) is 18.2 Å². The molecule has 1 aromatic carbocycles. The Labute approximate surface area is 142 Å². The predicted molar refractivity (Wildman–Crippen MR) is 95.1 cm³/mol. The van der Waals surface area contributed by atoms with Gasteiger partial charge in [-0.3, -0.25) is 0 Å². The molecule has 0 fully saturated rings. The molecule has 3 nitrogen and oxygen atoms in total. The quantitative estimate of drug-likeness (QED) is 0.729. The van der Waals surface area contributed by atoms with Crippen LogP contribution in [-0.4, -0.2) is 10.1 Å². The second kappa shape index (κ2) is 6.48. The Kier molecular flexibility index (Phi) is 4.64. The van der Waals surface area contributed by atoms with E-state index < -0.39 is 0 Å². The standard InChI is InChI=1S/C14H13Cl2N3S2/c15-8-4-3-6-10(12(8)16)17-13(20)19-14-18-9-5-1-2-7-11(9)21-14/h3-4,6H,1-2,5,7H2,(H2,17,18,19,20). The zero-order valence-electron chi connectivity index (χ0n) is 11.1. The van der Waals surface area contributed by atoms with Gasteiger partial charge in [-0.15, -0.1) is 11.3 Å². The minimum Gasteiger partial charge on any atom is -0.331 e. The zero-order chi connectivity index (χ0) is 14.8. The van der Waals surface area contributed by atoms with Gasteiger partial charge >= 0.3 is 0 Å². The molecule has 0 bridgehead atoms. The van der Waals surface area contributed by atoms with Crippen LogP contribution in [0.4, 0.5) is 10.8 Å². The first kappa shape index (κ1) is 15.0. The molecule has 1 aliphatic rings. The van der Waals surface area contributed by atoms with Crippen molar-refractivity contribution < 1.29 is 0 Å². The molecule has 0 atom stereocenters. The highest BCUT2D eigenvalue weighted by atomic mass is 35.5. The van der Waals surface area contributed by atoms with Gasteiger partial charge in [0.1, 0.15) is 0 Å². The van der Waals surface area contributed by atoms with Crippen LogP contribution in [0.2, 0.25) is 10.0 Å². The van der Waals surface area contributed by atoms with E-state index in [0.717, 1.165) is 18.0 Å². The summed E-state index contributed by atoms with van der Waals surface area (Å²) in [6.45, 7) is 0. The molecule has 0 radical (unpaired) electrons. The lowest BCUT2D eigenvalue weighted by atomic mass is 10.0. The lowest BCUT2D eigenvalue weighted by Gasteiger charge is -2.10. The van der Waals surface area contributed by atoms with E-state index in [1.165, 1.54) is 23.4 Å². The van der Waals surface area contributed by atoms with Crippen LogP contribution in [0.25, 0.3) is 0 Å². The summed E-state index contributed by atoms with van der Waals surface area (Å²) < 4.78 is 0. The second-order valence-corrected chi connectivity index (χ2v) is 7.05. The lowest BCUT2D eigenvalue weighted by molar-refractivity contribution is 0.683. The van der Waals surface area contributed by atoms with Gasteiger partial charge in [-0.05, 0) is 50.0 Å². The number of thiocarbonyl (C=S) groups is 1. The van der Waals surface area contributed by atoms with Gasteiger partial charge in [-0.2, -0.15) is 0 Å². The number of nitrogens with zero attached hydrogens (tertiary/aromatic N) is 1. The molecule has 0 unspecified atom stereocenters. The number of aromatic nitrogens is 1. The number of nitrogens with one attached hydrogen (secondary N) is 2. The largest absolute Gasteiger partial charge is 0.331 e. The molecule has 2 aromatic rings. The topological polar surface area (TPSA) is 37.0 Å². The third kappa shape index (κ3) is 3.48. The summed E-state index contributed by atoms with van der Waals surface area (Å²) in [4.78, 5) is 5.96. The molecule has 3 rings (SSSR count). The van der Waals surface area contributed by atoms with Crippen molar-refractivity contribution >= 4 is 62.7 Å². The maximum atomic E-state index is 6.13. The van der Waals surface area contributed by atoms with E-state index in [9.17, 15) is 0 Å². The normalized spacial score (nSPS) is 13.6. The number of fused-ring (bicyclic) bond motifs is 1. The van der Waals surface area contributed by atoms with Gasteiger partial charge in [-0.1, -0.05) is 29.3 Å². The first-order chi connectivity index (χ1) is 10.1. The monoisotopic (exact) mass is 357 g/mol. The van der Waals surface area contributed by atoms with E-state index >= 15 is 0 Å². The highest BCUT2D eigenvalue weighted by Crippen LogP contribution is 2.31. The first-order valence-electron chi connectivity index (χ1n) is 6.64. The van der Waals surface area contributed by atoms with E-state index in [-0.39, 0.29) is 0 Å². The molecule has 0 aliphatic heterocycles. The van der Waals surface area contributed by atoms with Crippen LogP contribution in [0.5, 0.6) is 0 Å². The number of rotatable bonds is 2. The van der Waals surface area contributed by atoms with Gasteiger partial charge in [-0.25, -0.2) is 4.98 Å². The fourth-order valence-electron chi connectivity index (χ4n) is 2.26. The van der Waals surface area contributed by atoms with E-state index in [1.54, 1.807) is 17.4 Å². The Balaban J connectivity index is 1.69. The second-order valence-electron chi connectivity index (χ2n) is 4.78. The van der Waals surface area contributed by atoms with Crippen molar-refractivity contribution in [1.29, 1.82) is 0 Å². The smallest absolute Gasteiger partial charge is 0.189 e. The Morgan fingerprint density at radius 3 is 2.81 bits per heavy atom. The molecular formula is C14H13Cl2N3S2. The zero-order valence-corrected chi connectivity index (χ0v) is 14.2. The van der Waals surface area contributed by atoms with Crippen molar-refractivity contribution in [3.05, 3.63) is 38.8 Å². The van der Waals surface area contributed by atoms with Gasteiger partial charge in [0.2, 0.25) is 0 Å². The van der Waals surface area contributed by atoms with E-state index in [1.807, 2.05) is 12.1 Å². The Morgan fingerprint density at radius 2 is 2.00 bits per heavy atom. The number of thiazole rings is 1. The van der Waals surface area contributed by atoms with E-state index in [0.29, 0.717) is 20.8 Å². The van der Waals surface area contributed by atoms with Crippen molar-refractivity contribution in [3.63, 3.8) is 0 Å². The van der Waals surface area contributed by atoms with E-state index in [4.69, 9.17) is 35.4 Å². The van der Waals surface area contributed by atoms with Crippen molar-refractivity contribution in [1.82, 2.24) is 4.98 Å². The molecule has 0 saturated carbocycles. The minimum atomic E-state index is 0.460.